The third kappa shape index (κ3) is 7.76. The molecule has 0 N–H and O–H groups in total. The molecule has 1 unspecified atom stereocenters. The number of aldehydes is 1. The number of thioether (sulfide) groups is 1. The van der Waals surface area contributed by atoms with Crippen LogP contribution in [0.15, 0.2) is 54.9 Å². The average molecular weight is 652 g/mol. The van der Waals surface area contributed by atoms with Crippen molar-refractivity contribution in [2.45, 2.75) is 37.4 Å². The number of hydrogen-bond donors (Lipinski definition) is 0. The number of ether oxygens (including phenoxy) is 3. The first-order chi connectivity index (χ1) is 20.7. The number of rotatable bonds is 12. The molecule has 0 spiro atoms. The second kappa shape index (κ2) is 13.9. The first-order valence-corrected chi connectivity index (χ1v) is 15.2. The number of carbonyl (C=O) groups excluding carboxylic acids is 3. The Morgan fingerprint density at radius 3 is 2.56 bits per heavy atom. The number of pyridine rings is 1. The molecular formula is C30H26Cl2F2N2O6S. The van der Waals surface area contributed by atoms with Crippen LogP contribution in [0, 0.1) is 5.92 Å². The van der Waals surface area contributed by atoms with Gasteiger partial charge in [0.05, 0.1) is 16.7 Å². The molecule has 2 fully saturated rings. The van der Waals surface area contributed by atoms with Gasteiger partial charge in [-0.2, -0.15) is 8.78 Å². The maximum atomic E-state index is 13.7. The second-order valence-electron chi connectivity index (χ2n) is 10.0. The molecule has 1 aromatic heterocycles. The minimum absolute atomic E-state index is 0.0236. The summed E-state index contributed by atoms with van der Waals surface area (Å²) in [6, 6.07) is 10.5. The van der Waals surface area contributed by atoms with Crippen LogP contribution >= 0.6 is 35.0 Å². The summed E-state index contributed by atoms with van der Waals surface area (Å²) < 4.78 is 42.8. The molecule has 1 aliphatic carbocycles. The van der Waals surface area contributed by atoms with Crippen molar-refractivity contribution < 1.29 is 37.4 Å². The van der Waals surface area contributed by atoms with E-state index in [1.165, 1.54) is 53.3 Å². The molecule has 2 heterocycles. The highest BCUT2D eigenvalue weighted by Crippen LogP contribution is 2.39. The lowest BCUT2D eigenvalue weighted by atomic mass is 10.0. The molecule has 43 heavy (non-hydrogen) atoms. The van der Waals surface area contributed by atoms with Crippen LogP contribution in [0.4, 0.5) is 8.78 Å². The Morgan fingerprint density at radius 2 is 1.86 bits per heavy atom. The van der Waals surface area contributed by atoms with Crippen LogP contribution in [0.3, 0.4) is 0 Å². The van der Waals surface area contributed by atoms with Gasteiger partial charge in [-0.1, -0.05) is 41.4 Å². The van der Waals surface area contributed by atoms with Crippen LogP contribution in [0.2, 0.25) is 10.0 Å². The van der Waals surface area contributed by atoms with E-state index in [9.17, 15) is 23.2 Å². The summed E-state index contributed by atoms with van der Waals surface area (Å²) in [5, 5.41) is -0.470. The zero-order chi connectivity index (χ0) is 30.5. The van der Waals surface area contributed by atoms with Crippen molar-refractivity contribution in [1.29, 1.82) is 0 Å². The highest BCUT2D eigenvalue weighted by atomic mass is 35.5. The number of benzene rings is 2. The van der Waals surface area contributed by atoms with Crippen molar-refractivity contribution in [1.82, 2.24) is 9.88 Å². The van der Waals surface area contributed by atoms with Gasteiger partial charge in [-0.3, -0.25) is 14.6 Å². The first-order valence-electron chi connectivity index (χ1n) is 13.4. The third-order valence-electron chi connectivity index (χ3n) is 6.95. The fourth-order valence-electron chi connectivity index (χ4n) is 4.55. The van der Waals surface area contributed by atoms with Crippen LogP contribution in [0.5, 0.6) is 11.5 Å². The Balaban J connectivity index is 1.44. The number of alkyl halides is 2. The molecule has 2 atom stereocenters. The van der Waals surface area contributed by atoms with Crippen LogP contribution in [0.1, 0.15) is 50.8 Å². The summed E-state index contributed by atoms with van der Waals surface area (Å²) in [6.07, 6.45) is 4.45. The summed E-state index contributed by atoms with van der Waals surface area (Å²) in [5.41, 5.74) is 1.48. The van der Waals surface area contributed by atoms with Crippen molar-refractivity contribution in [3.8, 4) is 11.5 Å². The van der Waals surface area contributed by atoms with Crippen LogP contribution in [-0.4, -0.2) is 58.9 Å². The fraction of sp³-hybridized carbons (Fsp3) is 0.333. The van der Waals surface area contributed by atoms with Crippen molar-refractivity contribution in [3.63, 3.8) is 0 Å². The zero-order valence-corrected chi connectivity index (χ0v) is 24.9. The molecule has 1 amide bonds. The molecule has 3 aromatic rings. The second-order valence-corrected chi connectivity index (χ2v) is 12.0. The molecule has 1 saturated heterocycles. The molecule has 0 radical (unpaired) electrons. The molecule has 0 bridgehead atoms. The van der Waals surface area contributed by atoms with E-state index in [4.69, 9.17) is 32.7 Å². The van der Waals surface area contributed by atoms with Gasteiger partial charge in [-0.25, -0.2) is 4.79 Å². The predicted molar refractivity (Wildman–Crippen MR) is 157 cm³/mol. The number of amides is 1. The van der Waals surface area contributed by atoms with Gasteiger partial charge in [0.2, 0.25) is 0 Å². The van der Waals surface area contributed by atoms with E-state index in [0.717, 1.165) is 12.8 Å². The van der Waals surface area contributed by atoms with Crippen LogP contribution in [-0.2, 0) is 16.0 Å². The van der Waals surface area contributed by atoms with E-state index in [0.29, 0.717) is 47.8 Å². The van der Waals surface area contributed by atoms with Crippen molar-refractivity contribution in [2.24, 2.45) is 5.92 Å². The summed E-state index contributed by atoms with van der Waals surface area (Å²) >= 11 is 14.0. The van der Waals surface area contributed by atoms with Gasteiger partial charge in [0.1, 0.15) is 12.4 Å². The van der Waals surface area contributed by atoms with E-state index in [-0.39, 0.29) is 33.5 Å². The smallest absolute Gasteiger partial charge is 0.387 e. The molecule has 13 heteroatoms. The van der Waals surface area contributed by atoms with Crippen molar-refractivity contribution in [3.05, 3.63) is 87.2 Å². The summed E-state index contributed by atoms with van der Waals surface area (Å²) in [6.45, 7) is -2.44. The normalized spacial score (nSPS) is 17.0. The fourth-order valence-corrected chi connectivity index (χ4v) is 6.17. The van der Waals surface area contributed by atoms with Crippen LogP contribution in [0.25, 0.3) is 0 Å². The van der Waals surface area contributed by atoms with Gasteiger partial charge in [0.15, 0.2) is 16.9 Å². The summed E-state index contributed by atoms with van der Waals surface area (Å²) in [7, 11) is 0. The predicted octanol–water partition coefficient (Wildman–Crippen LogP) is 6.63. The molecule has 2 aromatic carbocycles. The van der Waals surface area contributed by atoms with Crippen LogP contribution < -0.4 is 9.47 Å². The van der Waals surface area contributed by atoms with E-state index in [1.807, 2.05) is 0 Å². The summed E-state index contributed by atoms with van der Waals surface area (Å²) in [5.74, 6) is -0.352. The topological polar surface area (TPSA) is 95.0 Å². The average Bonchev–Trinajstić information content (AvgIpc) is 3.70. The van der Waals surface area contributed by atoms with Gasteiger partial charge in [0, 0.05) is 42.2 Å². The van der Waals surface area contributed by atoms with Crippen molar-refractivity contribution in [2.75, 3.05) is 18.9 Å². The van der Waals surface area contributed by atoms with Gasteiger partial charge in [0.25, 0.3) is 5.91 Å². The van der Waals surface area contributed by atoms with Gasteiger partial charge >= 0.3 is 12.6 Å². The highest BCUT2D eigenvalue weighted by molar-refractivity contribution is 8.00. The SMILES string of the molecule is O=Cc1cccc(C(=O)N2CCSC2C(=O)O[C@@H](Cc2c(Cl)cncc2Cl)c2ccc(OC(F)F)c(OCC3CC3)c2)c1. The number of esters is 1. The van der Waals surface area contributed by atoms with Gasteiger partial charge in [-0.15, -0.1) is 11.8 Å². The zero-order valence-electron chi connectivity index (χ0n) is 22.6. The maximum absolute atomic E-state index is 13.7. The molecule has 2 aliphatic rings. The van der Waals surface area contributed by atoms with E-state index >= 15 is 0 Å². The Labute approximate surface area is 260 Å². The Bertz CT molecular complexity index is 1490. The van der Waals surface area contributed by atoms with E-state index in [2.05, 4.69) is 9.72 Å². The number of carbonyl (C=O) groups is 3. The lowest BCUT2D eigenvalue weighted by Gasteiger charge is -2.26. The maximum Gasteiger partial charge on any atom is 0.387 e. The Hall–Kier alpha value is -3.41. The third-order valence-corrected chi connectivity index (χ3v) is 8.78. The van der Waals surface area contributed by atoms with E-state index < -0.39 is 30.0 Å². The number of aromatic nitrogens is 1. The molecule has 1 saturated carbocycles. The lowest BCUT2D eigenvalue weighted by Crippen LogP contribution is -2.40. The quantitative estimate of drug-likeness (QED) is 0.159. The van der Waals surface area contributed by atoms with E-state index in [1.54, 1.807) is 18.2 Å². The van der Waals surface area contributed by atoms with Gasteiger partial charge in [-0.05, 0) is 54.2 Å². The molecule has 226 valence electrons. The molecular weight excluding hydrogens is 625 g/mol. The number of halogens is 4. The Kier molecular flexibility index (Phi) is 10.0. The minimum atomic E-state index is -3.06. The minimum Gasteiger partial charge on any atom is -0.489 e. The lowest BCUT2D eigenvalue weighted by molar-refractivity contribution is -0.151. The molecule has 1 aliphatic heterocycles. The highest BCUT2D eigenvalue weighted by Gasteiger charge is 2.38. The number of hydrogen-bond acceptors (Lipinski definition) is 8. The standard InChI is InChI=1S/C30H26Cl2F2N2O6S/c31-22-13-35-14-23(32)21(22)12-25(19-6-7-24(42-30(33)34)26(11-19)40-16-17-4-5-17)41-29(39)28-36(8-9-43-28)27(38)20-3-1-2-18(10-20)15-37/h1-3,6-7,10-11,13-15,17,25,28,30H,4-5,8-9,12,16H2/t25-,28?/m0/s1. The largest absolute Gasteiger partial charge is 0.489 e. The molecule has 8 nitrogen and oxygen atoms in total. The van der Waals surface area contributed by atoms with Crippen molar-refractivity contribution >= 4 is 53.1 Å². The Morgan fingerprint density at radius 1 is 1.09 bits per heavy atom. The monoisotopic (exact) mass is 650 g/mol. The first kappa shape index (κ1) is 31.0. The number of nitrogens with zero attached hydrogens (tertiary/aromatic N) is 2. The van der Waals surface area contributed by atoms with Gasteiger partial charge < -0.3 is 19.1 Å². The molecule has 5 rings (SSSR count). The summed E-state index contributed by atoms with van der Waals surface area (Å²) in [4.78, 5) is 43.6.